The number of unbranched alkanes of at least 4 members (excludes halogenated alkanes) is 15. The van der Waals surface area contributed by atoms with E-state index in [1.54, 1.807) is 6.20 Å². The number of amides is 1. The number of nitrogens with one attached hydrogen (secondary N) is 2. The molecular weight excluding hydrogens is 470 g/mol. The highest BCUT2D eigenvalue weighted by Gasteiger charge is 2.12. The molecule has 1 aliphatic rings. The van der Waals surface area contributed by atoms with Crippen LogP contribution in [0.2, 0.25) is 0 Å². The Morgan fingerprint density at radius 3 is 1.86 bits per heavy atom. The second kappa shape index (κ2) is 20.6. The van der Waals surface area contributed by atoms with Gasteiger partial charge in [0, 0.05) is 38.9 Å². The summed E-state index contributed by atoms with van der Waals surface area (Å²) >= 11 is 0. The highest BCUT2D eigenvalue weighted by molar-refractivity contribution is 5.94. The van der Waals surface area contributed by atoms with E-state index in [9.17, 15) is 14.9 Å². The molecule has 0 spiro atoms. The second-order valence-electron chi connectivity index (χ2n) is 10.1. The van der Waals surface area contributed by atoms with Crippen LogP contribution >= 0.6 is 0 Å². The molecule has 0 bridgehead atoms. The molecule has 2 N–H and O–H groups in total. The first kappa shape index (κ1) is 30.8. The van der Waals surface area contributed by atoms with Crippen molar-refractivity contribution in [2.45, 2.75) is 103 Å². The van der Waals surface area contributed by atoms with Gasteiger partial charge in [-0.1, -0.05) is 89.9 Å². The lowest BCUT2D eigenvalue weighted by atomic mass is 10.0. The minimum Gasteiger partial charge on any atom is -0.354 e. The van der Waals surface area contributed by atoms with E-state index >= 15 is 0 Å². The van der Waals surface area contributed by atoms with Crippen LogP contribution in [0.5, 0.6) is 0 Å². The van der Waals surface area contributed by atoms with Crippen LogP contribution in [0.25, 0.3) is 0 Å². The molecule has 1 aromatic rings. The van der Waals surface area contributed by atoms with Gasteiger partial charge < -0.3 is 20.4 Å². The van der Waals surface area contributed by atoms with E-state index in [2.05, 4.69) is 25.4 Å². The van der Waals surface area contributed by atoms with Crippen LogP contribution in [-0.4, -0.2) is 55.3 Å². The lowest BCUT2D eigenvalue weighted by molar-refractivity contribution is -0.757. The van der Waals surface area contributed by atoms with E-state index in [1.165, 1.54) is 77.0 Å². The topological polar surface area (TPSA) is 110 Å². The van der Waals surface area contributed by atoms with Crippen LogP contribution in [-0.2, 0) is 4.84 Å². The summed E-state index contributed by atoms with van der Waals surface area (Å²) in [5, 5.41) is 15.7. The third kappa shape index (κ3) is 15.4. The van der Waals surface area contributed by atoms with Gasteiger partial charge in [-0.3, -0.25) is 4.79 Å². The van der Waals surface area contributed by atoms with Gasteiger partial charge in [0.1, 0.15) is 5.82 Å². The molecule has 0 saturated carbocycles. The highest BCUT2D eigenvalue weighted by atomic mass is 16.9. The van der Waals surface area contributed by atoms with Crippen molar-refractivity contribution in [3.63, 3.8) is 0 Å². The van der Waals surface area contributed by atoms with Crippen molar-refractivity contribution in [3.05, 3.63) is 34.0 Å². The van der Waals surface area contributed by atoms with Crippen molar-refractivity contribution >= 4 is 11.7 Å². The average Bonchev–Trinajstić information content (AvgIpc) is 2.92. The van der Waals surface area contributed by atoms with Crippen molar-refractivity contribution in [2.24, 2.45) is 0 Å². The summed E-state index contributed by atoms with van der Waals surface area (Å²) in [5.74, 6) is 0.918. The fourth-order valence-corrected chi connectivity index (χ4v) is 4.75. The van der Waals surface area contributed by atoms with Crippen molar-refractivity contribution < 1.29 is 14.7 Å². The summed E-state index contributed by atoms with van der Waals surface area (Å²) in [7, 11) is 0. The molecule has 0 atom stereocenters. The summed E-state index contributed by atoms with van der Waals surface area (Å²) in [4.78, 5) is 33.4. The summed E-state index contributed by atoms with van der Waals surface area (Å²) in [6.45, 7) is 4.82. The zero-order valence-corrected chi connectivity index (χ0v) is 22.8. The Kier molecular flexibility index (Phi) is 17.2. The molecule has 2 heterocycles. The lowest BCUT2D eigenvalue weighted by Crippen LogP contribution is -2.43. The fraction of sp³-hybridized carbons (Fsp3) is 0.786. The van der Waals surface area contributed by atoms with Gasteiger partial charge in [-0.25, -0.2) is 4.98 Å². The fourth-order valence-electron chi connectivity index (χ4n) is 4.75. The lowest BCUT2D eigenvalue weighted by Gasteiger charge is -2.28. The number of aromatic nitrogens is 1. The number of pyridine rings is 1. The van der Waals surface area contributed by atoms with Crippen molar-refractivity contribution in [1.29, 1.82) is 0 Å². The molecule has 37 heavy (non-hydrogen) atoms. The standard InChI is InChI=1S/C28H49N5O4/c34-28(26-17-18-27(31-25-26)32-22-20-29-21-23-32)30-19-15-13-11-9-7-5-3-1-2-4-6-8-10-12-14-16-24-37-33(35)36/h17-18,25,29H,1-16,19-24H2,(H,30,34). The van der Waals surface area contributed by atoms with Crippen LogP contribution in [0.4, 0.5) is 5.82 Å². The number of hydrogen-bond donors (Lipinski definition) is 2. The first-order valence-electron chi connectivity index (χ1n) is 14.6. The van der Waals surface area contributed by atoms with Gasteiger partial charge in [0.15, 0.2) is 0 Å². The van der Waals surface area contributed by atoms with Crippen molar-refractivity contribution in [2.75, 3.05) is 44.2 Å². The predicted octanol–water partition coefficient (Wildman–Crippen LogP) is 5.67. The van der Waals surface area contributed by atoms with E-state index in [-0.39, 0.29) is 12.5 Å². The number of hydrogen-bond acceptors (Lipinski definition) is 7. The first-order chi connectivity index (χ1) is 18.2. The molecule has 1 saturated heterocycles. The van der Waals surface area contributed by atoms with E-state index in [1.807, 2.05) is 12.1 Å². The Balaban J connectivity index is 1.31. The number of piperazine rings is 1. The number of carbonyl (C=O) groups excluding carboxylic acids is 1. The van der Waals surface area contributed by atoms with E-state index in [0.717, 1.165) is 64.2 Å². The first-order valence-corrected chi connectivity index (χ1v) is 14.6. The van der Waals surface area contributed by atoms with Gasteiger partial charge in [0.05, 0.1) is 12.2 Å². The third-order valence-corrected chi connectivity index (χ3v) is 7.00. The zero-order valence-electron chi connectivity index (χ0n) is 22.8. The average molecular weight is 520 g/mol. The van der Waals surface area contributed by atoms with Crippen LogP contribution < -0.4 is 15.5 Å². The number of rotatable bonds is 22. The van der Waals surface area contributed by atoms with Crippen molar-refractivity contribution in [1.82, 2.24) is 15.6 Å². The second-order valence-corrected chi connectivity index (χ2v) is 10.1. The Labute approximate surface area is 223 Å². The maximum Gasteiger partial charge on any atom is 0.294 e. The van der Waals surface area contributed by atoms with E-state index in [4.69, 9.17) is 0 Å². The molecule has 9 heteroatoms. The molecule has 0 radical (unpaired) electrons. The molecule has 2 rings (SSSR count). The molecule has 1 aliphatic heterocycles. The van der Waals surface area contributed by atoms with E-state index < -0.39 is 5.09 Å². The number of anilines is 1. The van der Waals surface area contributed by atoms with Gasteiger partial charge in [-0.05, 0) is 25.0 Å². The summed E-state index contributed by atoms with van der Waals surface area (Å²) < 4.78 is 0. The molecule has 9 nitrogen and oxygen atoms in total. The summed E-state index contributed by atoms with van der Waals surface area (Å²) in [6.07, 6.45) is 21.2. The summed E-state index contributed by atoms with van der Waals surface area (Å²) in [6, 6.07) is 3.83. The normalized spacial score (nSPS) is 13.5. The predicted molar refractivity (Wildman–Crippen MR) is 148 cm³/mol. The minimum absolute atomic E-state index is 0.0281. The van der Waals surface area contributed by atoms with Crippen LogP contribution in [0, 0.1) is 10.1 Å². The molecule has 0 unspecified atom stereocenters. The SMILES string of the molecule is O=C(NCCCCCCCCCCCCCCCCCCO[N+](=O)[O-])c1ccc(N2CCNCC2)nc1. The highest BCUT2D eigenvalue weighted by Crippen LogP contribution is 2.14. The zero-order chi connectivity index (χ0) is 26.4. The molecule has 1 amide bonds. The molecule has 0 aromatic carbocycles. The quantitative estimate of drug-likeness (QED) is 0.115. The Morgan fingerprint density at radius 2 is 1.38 bits per heavy atom. The Morgan fingerprint density at radius 1 is 0.865 bits per heavy atom. The van der Waals surface area contributed by atoms with Gasteiger partial charge in [-0.2, -0.15) is 0 Å². The molecule has 1 aromatic heterocycles. The number of nitrogens with zero attached hydrogens (tertiary/aromatic N) is 3. The maximum atomic E-state index is 12.3. The van der Waals surface area contributed by atoms with Crippen LogP contribution in [0.1, 0.15) is 113 Å². The molecular formula is C28H49N5O4. The van der Waals surface area contributed by atoms with Gasteiger partial charge >= 0.3 is 0 Å². The van der Waals surface area contributed by atoms with Crippen LogP contribution in [0.15, 0.2) is 18.3 Å². The maximum absolute atomic E-state index is 12.3. The Bertz CT molecular complexity index is 726. The van der Waals surface area contributed by atoms with Crippen molar-refractivity contribution in [3.8, 4) is 0 Å². The Hall–Kier alpha value is -2.42. The molecule has 210 valence electrons. The monoisotopic (exact) mass is 519 g/mol. The largest absolute Gasteiger partial charge is 0.354 e. The van der Waals surface area contributed by atoms with Crippen LogP contribution in [0.3, 0.4) is 0 Å². The molecule has 0 aliphatic carbocycles. The van der Waals surface area contributed by atoms with Gasteiger partial charge in [0.25, 0.3) is 11.0 Å². The summed E-state index contributed by atoms with van der Waals surface area (Å²) in [5.41, 5.74) is 0.636. The van der Waals surface area contributed by atoms with Gasteiger partial charge in [0.2, 0.25) is 0 Å². The third-order valence-electron chi connectivity index (χ3n) is 7.00. The smallest absolute Gasteiger partial charge is 0.294 e. The number of carbonyl (C=O) groups is 1. The van der Waals surface area contributed by atoms with Gasteiger partial charge in [-0.15, -0.1) is 10.1 Å². The minimum atomic E-state index is -0.710. The molecule has 1 fully saturated rings. The van der Waals surface area contributed by atoms with E-state index in [0.29, 0.717) is 5.56 Å².